The van der Waals surface area contributed by atoms with E-state index < -0.39 is 6.36 Å². The minimum Gasteiger partial charge on any atom is -0.406 e. The van der Waals surface area contributed by atoms with Crippen molar-refractivity contribution < 1.29 is 22.6 Å². The molecule has 0 atom stereocenters. The number of aromatic nitrogens is 6. The maximum atomic E-state index is 12.6. The highest BCUT2D eigenvalue weighted by molar-refractivity contribution is 5.79. The van der Waals surface area contributed by atoms with Gasteiger partial charge in [-0.05, 0) is 25.0 Å². The van der Waals surface area contributed by atoms with Gasteiger partial charge in [-0.15, -0.1) is 13.2 Å². The van der Waals surface area contributed by atoms with Crippen LogP contribution in [0.2, 0.25) is 0 Å². The molecule has 5 rings (SSSR count). The summed E-state index contributed by atoms with van der Waals surface area (Å²) in [6, 6.07) is 3.76. The van der Waals surface area contributed by atoms with Crippen LogP contribution in [-0.4, -0.2) is 48.6 Å². The van der Waals surface area contributed by atoms with Crippen LogP contribution in [0.25, 0.3) is 28.1 Å². The smallest absolute Gasteiger partial charge is 0.406 e. The number of ether oxygens (including phenoxy) is 2. The number of fused-ring (bicyclic) bond motifs is 2. The SMILES string of the molecule is O=c1[nH]c2cnc(-n3cnc4ccc(OC(F)(F)F)cc43)nc2n1C1CCOCC1. The first-order chi connectivity index (χ1) is 14.4. The van der Waals surface area contributed by atoms with Crippen molar-refractivity contribution in [3.63, 3.8) is 0 Å². The number of benzene rings is 1. The summed E-state index contributed by atoms with van der Waals surface area (Å²) in [5.74, 6) is -0.201. The number of halogens is 3. The van der Waals surface area contributed by atoms with Gasteiger partial charge >= 0.3 is 12.1 Å². The molecule has 30 heavy (non-hydrogen) atoms. The van der Waals surface area contributed by atoms with Gasteiger partial charge in [-0.25, -0.2) is 14.8 Å². The molecule has 1 aromatic carbocycles. The van der Waals surface area contributed by atoms with E-state index in [1.54, 1.807) is 4.57 Å². The maximum absolute atomic E-state index is 12.6. The van der Waals surface area contributed by atoms with Crippen molar-refractivity contribution in [1.29, 1.82) is 0 Å². The number of nitrogens with one attached hydrogen (secondary N) is 1. The largest absolute Gasteiger partial charge is 0.573 e. The van der Waals surface area contributed by atoms with Crippen molar-refractivity contribution in [2.75, 3.05) is 13.2 Å². The molecule has 1 N–H and O–H groups in total. The summed E-state index contributed by atoms with van der Waals surface area (Å²) in [5.41, 5.74) is 1.39. The summed E-state index contributed by atoms with van der Waals surface area (Å²) in [6.07, 6.45) is -0.570. The second kappa shape index (κ2) is 6.83. The van der Waals surface area contributed by atoms with E-state index in [1.807, 2.05) is 0 Å². The molecule has 1 aliphatic heterocycles. The summed E-state index contributed by atoms with van der Waals surface area (Å²) in [5, 5.41) is 0. The molecule has 1 aliphatic rings. The summed E-state index contributed by atoms with van der Waals surface area (Å²) in [6.45, 7) is 1.10. The second-order valence-electron chi connectivity index (χ2n) is 6.86. The monoisotopic (exact) mass is 420 g/mol. The lowest BCUT2D eigenvalue weighted by molar-refractivity contribution is -0.274. The number of imidazole rings is 2. The summed E-state index contributed by atoms with van der Waals surface area (Å²) in [7, 11) is 0. The Hall–Kier alpha value is -3.41. The van der Waals surface area contributed by atoms with Gasteiger partial charge in [0.1, 0.15) is 17.6 Å². The van der Waals surface area contributed by atoms with Gasteiger partial charge in [0.25, 0.3) is 0 Å². The first-order valence-corrected chi connectivity index (χ1v) is 9.17. The third kappa shape index (κ3) is 3.28. The Morgan fingerprint density at radius 2 is 2.00 bits per heavy atom. The standard InChI is InChI=1S/C18H15F3N6O3/c19-18(20,21)30-11-1-2-12-14(7-11)26(9-23-12)16-22-8-13-15(25-16)27(17(28)24-13)10-3-5-29-6-4-10/h1-2,7-10H,3-6H2,(H,24,28). The second-order valence-corrected chi connectivity index (χ2v) is 6.86. The summed E-state index contributed by atoms with van der Waals surface area (Å²) < 4.78 is 50.1. The molecule has 0 bridgehead atoms. The zero-order chi connectivity index (χ0) is 20.9. The molecule has 3 aromatic heterocycles. The van der Waals surface area contributed by atoms with Gasteiger partial charge in [0.05, 0.1) is 17.2 Å². The minimum absolute atomic E-state index is 0.0610. The van der Waals surface area contributed by atoms with E-state index in [9.17, 15) is 18.0 Å². The van der Waals surface area contributed by atoms with E-state index in [2.05, 4.69) is 24.7 Å². The topological polar surface area (TPSA) is 99.9 Å². The Balaban J connectivity index is 1.61. The van der Waals surface area contributed by atoms with Gasteiger partial charge in [0.2, 0.25) is 5.95 Å². The first-order valence-electron chi connectivity index (χ1n) is 9.17. The molecule has 0 amide bonds. The maximum Gasteiger partial charge on any atom is 0.573 e. The van der Waals surface area contributed by atoms with E-state index in [0.717, 1.165) is 0 Å². The third-order valence-corrected chi connectivity index (χ3v) is 4.97. The molecule has 1 saturated heterocycles. The van der Waals surface area contributed by atoms with Crippen molar-refractivity contribution in [3.05, 3.63) is 41.2 Å². The molecule has 0 spiro atoms. The molecule has 12 heteroatoms. The van der Waals surface area contributed by atoms with Gasteiger partial charge in [-0.3, -0.25) is 9.13 Å². The molecule has 0 radical (unpaired) electrons. The number of hydrogen-bond donors (Lipinski definition) is 1. The van der Waals surface area contributed by atoms with Gasteiger partial charge in [0, 0.05) is 25.3 Å². The van der Waals surface area contributed by atoms with Crippen molar-refractivity contribution in [3.8, 4) is 11.7 Å². The number of aromatic amines is 1. The molecule has 0 aliphatic carbocycles. The number of H-pyrrole nitrogens is 1. The minimum atomic E-state index is -4.81. The molecule has 9 nitrogen and oxygen atoms in total. The third-order valence-electron chi connectivity index (χ3n) is 4.97. The van der Waals surface area contributed by atoms with Gasteiger partial charge in [-0.2, -0.15) is 4.98 Å². The quantitative estimate of drug-likeness (QED) is 0.547. The van der Waals surface area contributed by atoms with Crippen molar-refractivity contribution in [2.45, 2.75) is 25.2 Å². The Morgan fingerprint density at radius 3 is 2.77 bits per heavy atom. The predicted molar refractivity (Wildman–Crippen MR) is 98.5 cm³/mol. The molecular formula is C18H15F3N6O3. The van der Waals surface area contributed by atoms with Crippen LogP contribution < -0.4 is 10.4 Å². The van der Waals surface area contributed by atoms with Crippen molar-refractivity contribution in [1.82, 2.24) is 29.1 Å². The molecule has 4 heterocycles. The zero-order valence-corrected chi connectivity index (χ0v) is 15.4. The van der Waals surface area contributed by atoms with Crippen molar-refractivity contribution >= 4 is 22.2 Å². The molecular weight excluding hydrogens is 405 g/mol. The Morgan fingerprint density at radius 1 is 1.20 bits per heavy atom. The van der Waals surface area contributed by atoms with Crippen LogP contribution in [0, 0.1) is 0 Å². The van der Waals surface area contributed by atoms with Crippen LogP contribution in [-0.2, 0) is 4.74 Å². The van der Waals surface area contributed by atoms with E-state index in [-0.39, 0.29) is 23.4 Å². The Labute approximate surface area is 166 Å². The summed E-state index contributed by atoms with van der Waals surface area (Å²) in [4.78, 5) is 28.2. The average molecular weight is 420 g/mol. The van der Waals surface area contributed by atoms with E-state index >= 15 is 0 Å². The molecule has 1 fully saturated rings. The van der Waals surface area contributed by atoms with Crippen LogP contribution in [0.5, 0.6) is 5.75 Å². The number of alkyl halides is 3. The van der Waals surface area contributed by atoms with Crippen molar-refractivity contribution in [2.24, 2.45) is 0 Å². The zero-order valence-electron chi connectivity index (χ0n) is 15.4. The van der Waals surface area contributed by atoms with Gasteiger partial charge in [0.15, 0.2) is 5.65 Å². The highest BCUT2D eigenvalue weighted by atomic mass is 19.4. The number of rotatable bonds is 3. The predicted octanol–water partition coefficient (Wildman–Crippen LogP) is 2.71. The molecule has 4 aromatic rings. The molecule has 0 saturated carbocycles. The number of nitrogens with zero attached hydrogens (tertiary/aromatic N) is 5. The summed E-state index contributed by atoms with van der Waals surface area (Å²) >= 11 is 0. The van der Waals surface area contributed by atoms with E-state index in [1.165, 1.54) is 35.3 Å². The lowest BCUT2D eigenvalue weighted by atomic mass is 10.1. The first kappa shape index (κ1) is 18.6. The Kier molecular flexibility index (Phi) is 4.24. The molecule has 0 unspecified atom stereocenters. The van der Waals surface area contributed by atoms with Gasteiger partial charge in [-0.1, -0.05) is 0 Å². The van der Waals surface area contributed by atoms with Crippen LogP contribution >= 0.6 is 0 Å². The Bertz CT molecular complexity index is 1290. The fraction of sp³-hybridized carbons (Fsp3) is 0.333. The number of hydrogen-bond acceptors (Lipinski definition) is 6. The van der Waals surface area contributed by atoms with Crippen LogP contribution in [0.1, 0.15) is 18.9 Å². The van der Waals surface area contributed by atoms with Crippen LogP contribution in [0.4, 0.5) is 13.2 Å². The fourth-order valence-electron chi connectivity index (χ4n) is 3.65. The highest BCUT2D eigenvalue weighted by Crippen LogP contribution is 2.28. The lowest BCUT2D eigenvalue weighted by Gasteiger charge is -2.22. The van der Waals surface area contributed by atoms with Crippen LogP contribution in [0.15, 0.2) is 35.5 Å². The average Bonchev–Trinajstić information content (AvgIpc) is 3.26. The van der Waals surface area contributed by atoms with E-state index in [4.69, 9.17) is 4.74 Å². The lowest BCUT2D eigenvalue weighted by Crippen LogP contribution is -2.27. The van der Waals surface area contributed by atoms with Gasteiger partial charge < -0.3 is 14.5 Å². The van der Waals surface area contributed by atoms with Crippen LogP contribution in [0.3, 0.4) is 0 Å². The highest BCUT2D eigenvalue weighted by Gasteiger charge is 2.31. The normalized spacial score (nSPS) is 15.8. The molecule has 156 valence electrons. The van der Waals surface area contributed by atoms with E-state index in [0.29, 0.717) is 48.3 Å². The fourth-order valence-corrected chi connectivity index (χ4v) is 3.65.